The molecule has 0 bridgehead atoms. The Morgan fingerprint density at radius 3 is 3.00 bits per heavy atom. The van der Waals surface area contributed by atoms with Gasteiger partial charge in [0.2, 0.25) is 0 Å². The maximum Gasteiger partial charge on any atom is 0.312 e. The summed E-state index contributed by atoms with van der Waals surface area (Å²) in [6, 6.07) is 5.72. The van der Waals surface area contributed by atoms with E-state index in [4.69, 9.17) is 15.6 Å². The maximum absolute atomic E-state index is 11.0. The summed E-state index contributed by atoms with van der Waals surface area (Å²) in [4.78, 5) is 11.0. The van der Waals surface area contributed by atoms with Crippen molar-refractivity contribution in [3.05, 3.63) is 34.9 Å². The topological polar surface area (TPSA) is 72.6 Å². The number of ether oxygens (including phenoxy) is 1. The smallest absolute Gasteiger partial charge is 0.312 e. The predicted octanol–water partition coefficient (Wildman–Crippen LogP) is 0.886. The van der Waals surface area contributed by atoms with E-state index >= 15 is 0 Å². The minimum absolute atomic E-state index is 0.130. The zero-order valence-electron chi connectivity index (χ0n) is 8.98. The zero-order chi connectivity index (χ0) is 11.5. The molecule has 0 fully saturated rings. The van der Waals surface area contributed by atoms with Gasteiger partial charge in [0.25, 0.3) is 0 Å². The molecule has 0 radical (unpaired) electrons. The van der Waals surface area contributed by atoms with E-state index in [2.05, 4.69) is 0 Å². The summed E-state index contributed by atoms with van der Waals surface area (Å²) in [6.07, 6.45) is 0.847. The number of aliphatic carboxylic acids is 1. The van der Waals surface area contributed by atoms with Crippen LogP contribution < -0.4 is 5.73 Å². The van der Waals surface area contributed by atoms with Crippen LogP contribution >= 0.6 is 0 Å². The molecular weight excluding hydrogens is 206 g/mol. The third-order valence-electron chi connectivity index (χ3n) is 2.94. The molecule has 3 N–H and O–H groups in total. The van der Waals surface area contributed by atoms with E-state index in [-0.39, 0.29) is 6.54 Å². The summed E-state index contributed by atoms with van der Waals surface area (Å²) in [5, 5.41) is 9.03. The highest BCUT2D eigenvalue weighted by atomic mass is 16.5. The van der Waals surface area contributed by atoms with E-state index in [0.717, 1.165) is 17.5 Å². The highest BCUT2D eigenvalue weighted by Crippen LogP contribution is 2.22. The van der Waals surface area contributed by atoms with Crippen LogP contribution in [0.15, 0.2) is 18.2 Å². The fraction of sp³-hybridized carbons (Fsp3) is 0.417. The normalized spacial score (nSPS) is 16.6. The highest BCUT2D eigenvalue weighted by Gasteiger charge is 2.19. The van der Waals surface area contributed by atoms with Crippen LogP contribution in [0.25, 0.3) is 0 Å². The van der Waals surface area contributed by atoms with E-state index in [0.29, 0.717) is 13.2 Å². The Kier molecular flexibility index (Phi) is 3.22. The molecular formula is C12H15NO3. The number of fused-ring (bicyclic) bond motifs is 1. The molecule has 0 spiro atoms. The lowest BCUT2D eigenvalue weighted by atomic mass is 9.93. The predicted molar refractivity (Wildman–Crippen MR) is 59.2 cm³/mol. The van der Waals surface area contributed by atoms with Crippen molar-refractivity contribution in [2.75, 3.05) is 13.2 Å². The number of carboxylic acids is 1. The number of nitrogens with two attached hydrogens (primary N) is 1. The molecule has 0 aliphatic carbocycles. The van der Waals surface area contributed by atoms with Crippen LogP contribution in [0.1, 0.15) is 22.6 Å². The number of rotatable bonds is 3. The Morgan fingerprint density at radius 1 is 1.50 bits per heavy atom. The molecule has 0 saturated carbocycles. The van der Waals surface area contributed by atoms with Gasteiger partial charge >= 0.3 is 5.97 Å². The molecule has 2 rings (SSSR count). The van der Waals surface area contributed by atoms with Gasteiger partial charge in [0.05, 0.1) is 19.1 Å². The molecule has 1 unspecified atom stereocenters. The van der Waals surface area contributed by atoms with Crippen molar-refractivity contribution in [3.8, 4) is 0 Å². The number of hydrogen-bond donors (Lipinski definition) is 2. The maximum atomic E-state index is 11.0. The molecule has 16 heavy (non-hydrogen) atoms. The average Bonchev–Trinajstić information content (AvgIpc) is 2.29. The highest BCUT2D eigenvalue weighted by molar-refractivity contribution is 5.76. The summed E-state index contributed by atoms with van der Waals surface area (Å²) >= 11 is 0. The SMILES string of the molecule is NCC(C(=O)O)c1ccc2c(c1)CCOC2. The second-order valence-corrected chi connectivity index (χ2v) is 3.96. The quantitative estimate of drug-likeness (QED) is 0.795. The van der Waals surface area contributed by atoms with Crippen molar-refractivity contribution in [1.29, 1.82) is 0 Å². The second-order valence-electron chi connectivity index (χ2n) is 3.96. The van der Waals surface area contributed by atoms with E-state index in [1.165, 1.54) is 5.56 Å². The molecule has 1 heterocycles. The molecule has 4 nitrogen and oxygen atoms in total. The van der Waals surface area contributed by atoms with Crippen LogP contribution in [0.2, 0.25) is 0 Å². The molecule has 0 aromatic heterocycles. The Morgan fingerprint density at radius 2 is 2.31 bits per heavy atom. The van der Waals surface area contributed by atoms with Crippen molar-refractivity contribution in [2.45, 2.75) is 18.9 Å². The van der Waals surface area contributed by atoms with Gasteiger partial charge in [-0.1, -0.05) is 18.2 Å². The van der Waals surface area contributed by atoms with Gasteiger partial charge in [-0.05, 0) is 23.1 Å². The number of hydrogen-bond acceptors (Lipinski definition) is 3. The van der Waals surface area contributed by atoms with Gasteiger partial charge in [-0.3, -0.25) is 4.79 Å². The standard InChI is InChI=1S/C12H15NO3/c13-6-11(12(14)15)9-1-2-10-7-16-4-3-8(10)5-9/h1-2,5,11H,3-4,6-7,13H2,(H,14,15). The fourth-order valence-corrected chi connectivity index (χ4v) is 1.98. The monoisotopic (exact) mass is 221 g/mol. The van der Waals surface area contributed by atoms with Crippen LogP contribution in [0.4, 0.5) is 0 Å². The summed E-state index contributed by atoms with van der Waals surface area (Å²) < 4.78 is 5.33. The van der Waals surface area contributed by atoms with Gasteiger partial charge in [-0.2, -0.15) is 0 Å². The molecule has 1 aliphatic heterocycles. The average molecular weight is 221 g/mol. The minimum Gasteiger partial charge on any atom is -0.481 e. The minimum atomic E-state index is -0.866. The first-order valence-electron chi connectivity index (χ1n) is 5.34. The first-order valence-corrected chi connectivity index (χ1v) is 5.34. The molecule has 1 aliphatic rings. The van der Waals surface area contributed by atoms with Gasteiger partial charge in [0.1, 0.15) is 0 Å². The molecule has 86 valence electrons. The van der Waals surface area contributed by atoms with E-state index in [9.17, 15) is 4.79 Å². The largest absolute Gasteiger partial charge is 0.481 e. The Balaban J connectivity index is 2.32. The van der Waals surface area contributed by atoms with Crippen LogP contribution in [0.3, 0.4) is 0 Å². The van der Waals surface area contributed by atoms with Crippen LogP contribution in [0.5, 0.6) is 0 Å². The van der Waals surface area contributed by atoms with Crippen molar-refractivity contribution in [3.63, 3.8) is 0 Å². The summed E-state index contributed by atoms with van der Waals surface area (Å²) in [5.41, 5.74) is 8.60. The summed E-state index contributed by atoms with van der Waals surface area (Å²) in [5.74, 6) is -1.47. The number of carboxylic acid groups (broad SMARTS) is 1. The first-order chi connectivity index (χ1) is 7.72. The Labute approximate surface area is 94.0 Å². The Bertz CT molecular complexity index is 403. The number of carbonyl (C=O) groups is 1. The third-order valence-corrected chi connectivity index (χ3v) is 2.94. The summed E-state index contributed by atoms with van der Waals surface area (Å²) in [7, 11) is 0. The van der Waals surface area contributed by atoms with Crippen LogP contribution in [0, 0.1) is 0 Å². The van der Waals surface area contributed by atoms with Crippen LogP contribution in [-0.2, 0) is 22.6 Å². The fourth-order valence-electron chi connectivity index (χ4n) is 1.98. The lowest BCUT2D eigenvalue weighted by Crippen LogP contribution is -2.22. The molecule has 4 heteroatoms. The molecule has 1 atom stereocenters. The van der Waals surface area contributed by atoms with Crippen molar-refractivity contribution >= 4 is 5.97 Å². The molecule has 0 amide bonds. The third kappa shape index (κ3) is 2.08. The molecule has 1 aromatic rings. The van der Waals surface area contributed by atoms with Gasteiger partial charge in [-0.25, -0.2) is 0 Å². The van der Waals surface area contributed by atoms with E-state index in [1.807, 2.05) is 18.2 Å². The van der Waals surface area contributed by atoms with Crippen molar-refractivity contribution in [1.82, 2.24) is 0 Å². The first kappa shape index (κ1) is 11.1. The van der Waals surface area contributed by atoms with Gasteiger partial charge in [0.15, 0.2) is 0 Å². The van der Waals surface area contributed by atoms with Gasteiger partial charge in [-0.15, -0.1) is 0 Å². The lowest BCUT2D eigenvalue weighted by molar-refractivity contribution is -0.138. The zero-order valence-corrected chi connectivity index (χ0v) is 8.98. The number of benzene rings is 1. The summed E-state index contributed by atoms with van der Waals surface area (Å²) in [6.45, 7) is 1.46. The van der Waals surface area contributed by atoms with Crippen molar-refractivity contribution < 1.29 is 14.6 Å². The lowest BCUT2D eigenvalue weighted by Gasteiger charge is -2.19. The van der Waals surface area contributed by atoms with Crippen molar-refractivity contribution in [2.24, 2.45) is 5.73 Å². The van der Waals surface area contributed by atoms with E-state index in [1.54, 1.807) is 0 Å². The van der Waals surface area contributed by atoms with Gasteiger partial charge < -0.3 is 15.6 Å². The molecule has 0 saturated heterocycles. The molecule has 1 aromatic carbocycles. The second kappa shape index (κ2) is 4.63. The van der Waals surface area contributed by atoms with Crippen LogP contribution in [-0.4, -0.2) is 24.2 Å². The Hall–Kier alpha value is -1.39. The van der Waals surface area contributed by atoms with Gasteiger partial charge in [0, 0.05) is 6.54 Å². The van der Waals surface area contributed by atoms with E-state index < -0.39 is 11.9 Å².